The second kappa shape index (κ2) is 4.52. The fourth-order valence-electron chi connectivity index (χ4n) is 2.74. The van der Waals surface area contributed by atoms with Crippen LogP contribution in [0.15, 0.2) is 9.21 Å². The van der Waals surface area contributed by atoms with E-state index in [0.717, 1.165) is 48.3 Å². The van der Waals surface area contributed by atoms with Crippen molar-refractivity contribution in [1.29, 1.82) is 0 Å². The maximum absolute atomic E-state index is 12.4. The van der Waals surface area contributed by atoms with Crippen molar-refractivity contribution in [2.24, 2.45) is 0 Å². The van der Waals surface area contributed by atoms with Gasteiger partial charge in [-0.15, -0.1) is 0 Å². The molecule has 1 aromatic rings. The molecule has 0 spiro atoms. The van der Waals surface area contributed by atoms with Crippen molar-refractivity contribution in [3.05, 3.63) is 32.9 Å². The first-order chi connectivity index (χ1) is 8.19. The van der Waals surface area contributed by atoms with Crippen molar-refractivity contribution >= 4 is 11.1 Å². The lowest BCUT2D eigenvalue weighted by Crippen LogP contribution is -2.23. The van der Waals surface area contributed by atoms with Crippen LogP contribution in [0.4, 0.5) is 0 Å². The molecule has 0 aliphatic heterocycles. The zero-order valence-electron chi connectivity index (χ0n) is 11.1. The minimum Gasteiger partial charge on any atom is -0.460 e. The third-order valence-corrected chi connectivity index (χ3v) is 3.61. The third kappa shape index (κ3) is 1.58. The lowest BCUT2D eigenvalue weighted by Gasteiger charge is -2.26. The van der Waals surface area contributed by atoms with Gasteiger partial charge in [-0.25, -0.2) is 0 Å². The molecule has 0 aromatic carbocycles. The molecule has 0 atom stereocenters. The van der Waals surface area contributed by atoms with Gasteiger partial charge in [0.25, 0.3) is 0 Å². The van der Waals surface area contributed by atoms with Gasteiger partial charge in [0.15, 0.2) is 5.43 Å². The quantitative estimate of drug-likeness (QED) is 0.790. The smallest absolute Gasteiger partial charge is 0.196 e. The molecule has 1 heterocycles. The Morgan fingerprint density at radius 3 is 2.00 bits per heavy atom. The highest BCUT2D eigenvalue weighted by molar-refractivity contribution is 6.01. The van der Waals surface area contributed by atoms with E-state index >= 15 is 0 Å². The van der Waals surface area contributed by atoms with E-state index < -0.39 is 0 Å². The average Bonchev–Trinajstić information content (AvgIpc) is 2.31. The Kier molecular flexibility index (Phi) is 3.23. The van der Waals surface area contributed by atoms with Crippen LogP contribution in [-0.2, 0) is 12.8 Å². The van der Waals surface area contributed by atoms with E-state index in [1.165, 1.54) is 11.1 Å². The Morgan fingerprint density at radius 1 is 0.882 bits per heavy atom. The molecular weight excluding hydrogens is 212 g/mol. The number of fused-ring (bicyclic) bond motifs is 1. The second-order valence-corrected chi connectivity index (χ2v) is 4.41. The Labute approximate surface area is 102 Å². The lowest BCUT2D eigenvalue weighted by molar-refractivity contribution is 0.468. The van der Waals surface area contributed by atoms with E-state index in [-0.39, 0.29) is 5.43 Å². The summed E-state index contributed by atoms with van der Waals surface area (Å²) in [5.74, 6) is 1.74. The van der Waals surface area contributed by atoms with Crippen LogP contribution in [0.3, 0.4) is 0 Å². The summed E-state index contributed by atoms with van der Waals surface area (Å²) in [4.78, 5) is 12.4. The van der Waals surface area contributed by atoms with Gasteiger partial charge in [-0.1, -0.05) is 27.7 Å². The number of hydrogen-bond acceptors (Lipinski definition) is 2. The molecule has 92 valence electrons. The molecule has 0 amide bonds. The molecule has 1 aliphatic rings. The maximum Gasteiger partial charge on any atom is 0.196 e. The molecule has 2 nitrogen and oxygen atoms in total. The zero-order chi connectivity index (χ0) is 12.6. The minimum atomic E-state index is 0.208. The van der Waals surface area contributed by atoms with Crippen LogP contribution in [0.5, 0.6) is 0 Å². The summed E-state index contributed by atoms with van der Waals surface area (Å²) in [6.45, 7) is 8.28. The van der Waals surface area contributed by atoms with E-state index in [4.69, 9.17) is 4.42 Å². The summed E-state index contributed by atoms with van der Waals surface area (Å²) in [6.07, 6.45) is 3.44. The van der Waals surface area contributed by atoms with Gasteiger partial charge in [-0.2, -0.15) is 0 Å². The Bertz CT molecular complexity index is 533. The van der Waals surface area contributed by atoms with Gasteiger partial charge in [-0.3, -0.25) is 4.79 Å². The molecule has 2 rings (SSSR count). The lowest BCUT2D eigenvalue weighted by atomic mass is 9.81. The SMILES string of the molecule is CCC1=C(CC)c2c1oc(CC)c(CC)c2=O. The van der Waals surface area contributed by atoms with Crippen LogP contribution in [0.1, 0.15) is 63.2 Å². The summed E-state index contributed by atoms with van der Waals surface area (Å²) in [5.41, 5.74) is 4.40. The van der Waals surface area contributed by atoms with Crippen LogP contribution >= 0.6 is 0 Å². The van der Waals surface area contributed by atoms with Crippen LogP contribution in [0.25, 0.3) is 11.1 Å². The fourth-order valence-corrected chi connectivity index (χ4v) is 2.74. The summed E-state index contributed by atoms with van der Waals surface area (Å²) in [7, 11) is 0. The molecule has 0 radical (unpaired) electrons. The van der Waals surface area contributed by atoms with E-state index in [1.807, 2.05) is 13.8 Å². The number of hydrogen-bond donors (Lipinski definition) is 0. The molecule has 0 saturated carbocycles. The minimum absolute atomic E-state index is 0.208. The van der Waals surface area contributed by atoms with Gasteiger partial charge in [0.2, 0.25) is 0 Å². The predicted molar refractivity (Wildman–Crippen MR) is 71.1 cm³/mol. The van der Waals surface area contributed by atoms with Crippen molar-refractivity contribution in [3.63, 3.8) is 0 Å². The number of allylic oxidation sites excluding steroid dienone is 2. The predicted octanol–water partition coefficient (Wildman–Crippen LogP) is 3.81. The molecule has 1 aromatic heterocycles. The Morgan fingerprint density at radius 2 is 1.53 bits per heavy atom. The van der Waals surface area contributed by atoms with E-state index in [0.29, 0.717) is 0 Å². The van der Waals surface area contributed by atoms with E-state index in [2.05, 4.69) is 13.8 Å². The van der Waals surface area contributed by atoms with Crippen LogP contribution < -0.4 is 5.43 Å². The number of rotatable bonds is 4. The molecule has 0 N–H and O–H groups in total. The summed E-state index contributed by atoms with van der Waals surface area (Å²) in [6, 6.07) is 0. The zero-order valence-corrected chi connectivity index (χ0v) is 11.1. The van der Waals surface area contributed by atoms with Crippen LogP contribution in [0, 0.1) is 0 Å². The Hall–Kier alpha value is -1.31. The van der Waals surface area contributed by atoms with Gasteiger partial charge in [0, 0.05) is 12.0 Å². The maximum atomic E-state index is 12.4. The highest BCUT2D eigenvalue weighted by atomic mass is 16.3. The van der Waals surface area contributed by atoms with Gasteiger partial charge in [0.05, 0.1) is 5.56 Å². The topological polar surface area (TPSA) is 30.2 Å². The van der Waals surface area contributed by atoms with Crippen molar-refractivity contribution in [2.75, 3.05) is 0 Å². The second-order valence-electron chi connectivity index (χ2n) is 4.41. The summed E-state index contributed by atoms with van der Waals surface area (Å²) < 4.78 is 5.92. The van der Waals surface area contributed by atoms with Crippen LogP contribution in [-0.4, -0.2) is 0 Å². The fraction of sp³-hybridized carbons (Fsp3) is 0.533. The van der Waals surface area contributed by atoms with Crippen molar-refractivity contribution in [1.82, 2.24) is 0 Å². The molecular formula is C15H20O2. The first-order valence-electron chi connectivity index (χ1n) is 6.61. The highest BCUT2D eigenvalue weighted by Crippen LogP contribution is 2.42. The van der Waals surface area contributed by atoms with Gasteiger partial charge >= 0.3 is 0 Å². The van der Waals surface area contributed by atoms with Gasteiger partial charge in [-0.05, 0) is 30.4 Å². The monoisotopic (exact) mass is 232 g/mol. The van der Waals surface area contributed by atoms with Crippen LogP contribution in [0.2, 0.25) is 0 Å². The first kappa shape index (κ1) is 12.2. The molecule has 17 heavy (non-hydrogen) atoms. The third-order valence-electron chi connectivity index (χ3n) is 3.61. The van der Waals surface area contributed by atoms with E-state index in [1.54, 1.807) is 0 Å². The molecule has 0 unspecified atom stereocenters. The normalized spacial score (nSPS) is 13.6. The average molecular weight is 232 g/mol. The van der Waals surface area contributed by atoms with E-state index in [9.17, 15) is 4.79 Å². The molecule has 2 heteroatoms. The molecule has 1 aliphatic carbocycles. The van der Waals surface area contributed by atoms with Crippen molar-refractivity contribution in [2.45, 2.75) is 53.4 Å². The largest absolute Gasteiger partial charge is 0.460 e. The highest BCUT2D eigenvalue weighted by Gasteiger charge is 2.31. The summed E-state index contributed by atoms with van der Waals surface area (Å²) in [5, 5.41) is 0. The first-order valence-corrected chi connectivity index (χ1v) is 6.61. The number of aryl methyl sites for hydroxylation is 1. The summed E-state index contributed by atoms with van der Waals surface area (Å²) >= 11 is 0. The van der Waals surface area contributed by atoms with Gasteiger partial charge < -0.3 is 4.42 Å². The van der Waals surface area contributed by atoms with Gasteiger partial charge in [0.1, 0.15) is 11.5 Å². The molecule has 0 saturated heterocycles. The molecule has 0 bridgehead atoms. The molecule has 0 fully saturated rings. The van der Waals surface area contributed by atoms with Crippen molar-refractivity contribution < 1.29 is 4.42 Å². The Balaban J connectivity index is 2.66. The van der Waals surface area contributed by atoms with Crippen molar-refractivity contribution in [3.8, 4) is 0 Å². The standard InChI is InChI=1S/C15H20O2/c1-5-9-10(6-2)15-13(9)14(16)11(7-3)12(8-4)17-15/h5-8H2,1-4H3.